The highest BCUT2D eigenvalue weighted by Crippen LogP contribution is 2.33. The predicted octanol–water partition coefficient (Wildman–Crippen LogP) is 3.14. The summed E-state index contributed by atoms with van der Waals surface area (Å²) >= 11 is 5.78. The molecule has 7 heteroatoms. The first-order valence-electron chi connectivity index (χ1n) is 5.82. The van der Waals surface area contributed by atoms with Crippen LogP contribution in [0.2, 0.25) is 5.02 Å². The first-order valence-corrected chi connectivity index (χ1v) is 6.20. The van der Waals surface area contributed by atoms with E-state index in [-0.39, 0.29) is 22.7 Å². The Hall–Kier alpha value is -1.30. The molecule has 1 saturated carbocycles. The number of halogens is 4. The second-order valence-corrected chi connectivity index (χ2v) is 5.00. The zero-order valence-electron chi connectivity index (χ0n) is 10.1. The molecule has 1 atom stereocenters. The number of carbonyl (C=O) groups is 1. The Kier molecular flexibility index (Phi) is 3.71. The molecule has 1 heterocycles. The molecule has 1 aromatic rings. The third kappa shape index (κ3) is 3.37. The average Bonchev–Trinajstić information content (AvgIpc) is 3.10. The molecule has 1 aromatic heterocycles. The van der Waals surface area contributed by atoms with Gasteiger partial charge in [-0.1, -0.05) is 11.6 Å². The molecule has 1 aliphatic rings. The summed E-state index contributed by atoms with van der Waals surface area (Å²) in [6.45, 7) is 1.57. The van der Waals surface area contributed by atoms with Gasteiger partial charge in [-0.05, 0) is 25.8 Å². The molecule has 0 saturated heterocycles. The number of rotatable bonds is 3. The van der Waals surface area contributed by atoms with Crippen LogP contribution in [0.1, 0.15) is 36.9 Å². The van der Waals surface area contributed by atoms with Crippen LogP contribution in [-0.4, -0.2) is 16.9 Å². The van der Waals surface area contributed by atoms with E-state index in [4.69, 9.17) is 11.6 Å². The molecule has 0 spiro atoms. The number of hydrogen-bond acceptors (Lipinski definition) is 2. The first-order chi connectivity index (χ1) is 8.79. The number of nitrogens with one attached hydrogen (secondary N) is 1. The van der Waals surface area contributed by atoms with Gasteiger partial charge in [0.15, 0.2) is 0 Å². The monoisotopic (exact) mass is 292 g/mol. The van der Waals surface area contributed by atoms with Gasteiger partial charge in [-0.3, -0.25) is 9.78 Å². The van der Waals surface area contributed by atoms with E-state index in [1.807, 2.05) is 0 Å². The molecule has 3 nitrogen and oxygen atoms in total. The van der Waals surface area contributed by atoms with Crippen molar-refractivity contribution in [2.45, 2.75) is 37.9 Å². The topological polar surface area (TPSA) is 42.0 Å². The SMILES string of the molecule is CC(C(=O)NC1CC1)c1ncc(C(F)(F)F)cc1Cl. The van der Waals surface area contributed by atoms with Crippen LogP contribution in [0.15, 0.2) is 12.3 Å². The number of hydrogen-bond donors (Lipinski definition) is 1. The van der Waals surface area contributed by atoms with E-state index in [9.17, 15) is 18.0 Å². The van der Waals surface area contributed by atoms with Crippen molar-refractivity contribution in [3.8, 4) is 0 Å². The van der Waals surface area contributed by atoms with Crippen LogP contribution in [0.25, 0.3) is 0 Å². The molecular weight excluding hydrogens is 281 g/mol. The maximum absolute atomic E-state index is 12.5. The quantitative estimate of drug-likeness (QED) is 0.930. The van der Waals surface area contributed by atoms with Crippen LogP contribution < -0.4 is 5.32 Å². The lowest BCUT2D eigenvalue weighted by Crippen LogP contribution is -2.30. The zero-order chi connectivity index (χ0) is 14.2. The number of carbonyl (C=O) groups excluding carboxylic acids is 1. The van der Waals surface area contributed by atoms with Crippen molar-refractivity contribution < 1.29 is 18.0 Å². The molecule has 1 N–H and O–H groups in total. The fourth-order valence-electron chi connectivity index (χ4n) is 1.60. The van der Waals surface area contributed by atoms with E-state index in [0.717, 1.165) is 18.9 Å². The summed E-state index contributed by atoms with van der Waals surface area (Å²) in [7, 11) is 0. The fourth-order valence-corrected chi connectivity index (χ4v) is 1.93. The van der Waals surface area contributed by atoms with Crippen LogP contribution in [0.3, 0.4) is 0 Å². The van der Waals surface area contributed by atoms with Crippen molar-refractivity contribution in [1.29, 1.82) is 0 Å². The second-order valence-electron chi connectivity index (χ2n) is 4.59. The van der Waals surface area contributed by atoms with Crippen molar-refractivity contribution >= 4 is 17.5 Å². The highest BCUT2D eigenvalue weighted by molar-refractivity contribution is 6.31. The van der Waals surface area contributed by atoms with Gasteiger partial charge in [-0.25, -0.2) is 0 Å². The van der Waals surface area contributed by atoms with Gasteiger partial charge in [-0.2, -0.15) is 13.2 Å². The maximum atomic E-state index is 12.5. The highest BCUT2D eigenvalue weighted by Gasteiger charge is 2.33. The average molecular weight is 293 g/mol. The molecule has 1 aliphatic carbocycles. The summed E-state index contributed by atoms with van der Waals surface area (Å²) in [5.41, 5.74) is -0.760. The minimum atomic E-state index is -4.49. The smallest absolute Gasteiger partial charge is 0.353 e. The Morgan fingerprint density at radius 2 is 2.16 bits per heavy atom. The molecule has 0 aromatic carbocycles. The Bertz CT molecular complexity index is 500. The van der Waals surface area contributed by atoms with Gasteiger partial charge < -0.3 is 5.32 Å². The summed E-state index contributed by atoms with van der Waals surface area (Å²) in [6.07, 6.45) is -1.92. The molecule has 2 rings (SSSR count). The van der Waals surface area contributed by atoms with Gasteiger partial charge in [0.1, 0.15) is 0 Å². The summed E-state index contributed by atoms with van der Waals surface area (Å²) in [4.78, 5) is 15.5. The maximum Gasteiger partial charge on any atom is 0.417 e. The second kappa shape index (κ2) is 5.00. The number of nitrogens with zero attached hydrogens (tertiary/aromatic N) is 1. The molecule has 104 valence electrons. The third-order valence-electron chi connectivity index (χ3n) is 2.92. The van der Waals surface area contributed by atoms with Crippen LogP contribution in [0.4, 0.5) is 13.2 Å². The van der Waals surface area contributed by atoms with Gasteiger partial charge >= 0.3 is 6.18 Å². The van der Waals surface area contributed by atoms with E-state index < -0.39 is 17.7 Å². The molecule has 0 bridgehead atoms. The minimum Gasteiger partial charge on any atom is -0.353 e. The van der Waals surface area contributed by atoms with Crippen molar-refractivity contribution in [2.75, 3.05) is 0 Å². The van der Waals surface area contributed by atoms with Crippen molar-refractivity contribution in [2.24, 2.45) is 0 Å². The van der Waals surface area contributed by atoms with Gasteiger partial charge in [0.2, 0.25) is 5.91 Å². The van der Waals surface area contributed by atoms with E-state index >= 15 is 0 Å². The lowest BCUT2D eigenvalue weighted by atomic mass is 10.1. The highest BCUT2D eigenvalue weighted by atomic mass is 35.5. The predicted molar refractivity (Wildman–Crippen MR) is 63.8 cm³/mol. The van der Waals surface area contributed by atoms with Crippen LogP contribution >= 0.6 is 11.6 Å². The van der Waals surface area contributed by atoms with Crippen molar-refractivity contribution in [3.05, 3.63) is 28.5 Å². The zero-order valence-corrected chi connectivity index (χ0v) is 10.8. The molecule has 19 heavy (non-hydrogen) atoms. The molecule has 0 radical (unpaired) electrons. The molecule has 0 aliphatic heterocycles. The summed E-state index contributed by atoms with van der Waals surface area (Å²) < 4.78 is 37.4. The van der Waals surface area contributed by atoms with Gasteiger partial charge in [0.05, 0.1) is 22.2 Å². The van der Waals surface area contributed by atoms with Crippen LogP contribution in [0, 0.1) is 0 Å². The van der Waals surface area contributed by atoms with Crippen LogP contribution in [0.5, 0.6) is 0 Å². The van der Waals surface area contributed by atoms with Crippen LogP contribution in [-0.2, 0) is 11.0 Å². The molecule has 1 unspecified atom stereocenters. The van der Waals surface area contributed by atoms with Gasteiger partial charge in [-0.15, -0.1) is 0 Å². The largest absolute Gasteiger partial charge is 0.417 e. The van der Waals surface area contributed by atoms with E-state index in [1.54, 1.807) is 6.92 Å². The normalized spacial score (nSPS) is 17.1. The third-order valence-corrected chi connectivity index (χ3v) is 3.23. The Balaban J connectivity index is 2.17. The Morgan fingerprint density at radius 1 is 1.53 bits per heavy atom. The number of amides is 1. The van der Waals surface area contributed by atoms with E-state index in [1.165, 1.54) is 0 Å². The van der Waals surface area contributed by atoms with Gasteiger partial charge in [0.25, 0.3) is 0 Å². The van der Waals surface area contributed by atoms with Gasteiger partial charge in [0, 0.05) is 12.2 Å². The molecule has 1 amide bonds. The Labute approximate surface area is 113 Å². The molecular formula is C12H12ClF3N2O. The summed E-state index contributed by atoms with van der Waals surface area (Å²) in [6, 6.07) is 0.980. The van der Waals surface area contributed by atoms with Crippen molar-refractivity contribution in [3.63, 3.8) is 0 Å². The summed E-state index contributed by atoms with van der Waals surface area (Å²) in [5.74, 6) is -0.938. The number of aromatic nitrogens is 1. The molecule has 1 fully saturated rings. The standard InChI is InChI=1S/C12H12ClF3N2O/c1-6(11(19)18-8-2-3-8)10-9(13)4-7(5-17-10)12(14,15)16/h4-6,8H,2-3H2,1H3,(H,18,19). The summed E-state index contributed by atoms with van der Waals surface area (Å²) in [5, 5.41) is 2.62. The fraction of sp³-hybridized carbons (Fsp3) is 0.500. The number of pyridine rings is 1. The van der Waals surface area contributed by atoms with E-state index in [0.29, 0.717) is 6.20 Å². The first kappa shape index (κ1) is 14.1. The van der Waals surface area contributed by atoms with E-state index in [2.05, 4.69) is 10.3 Å². The van der Waals surface area contributed by atoms with Crippen molar-refractivity contribution in [1.82, 2.24) is 10.3 Å². The number of alkyl halides is 3. The Morgan fingerprint density at radius 3 is 2.63 bits per heavy atom. The minimum absolute atomic E-state index is 0.145. The lowest BCUT2D eigenvalue weighted by molar-refractivity contribution is -0.137. The lowest BCUT2D eigenvalue weighted by Gasteiger charge is -2.14.